The van der Waals surface area contributed by atoms with Crippen LogP contribution in [0.15, 0.2) is 36.9 Å². The number of rotatable bonds is 4. The molecule has 2 atom stereocenters. The number of nitrogens with one attached hydrogen (secondary N) is 1. The van der Waals surface area contributed by atoms with Crippen LogP contribution < -0.4 is 5.32 Å². The van der Waals surface area contributed by atoms with Crippen molar-refractivity contribution in [1.29, 1.82) is 0 Å². The summed E-state index contributed by atoms with van der Waals surface area (Å²) in [4.78, 5) is 16.3. The molecule has 1 heterocycles. The first-order chi connectivity index (χ1) is 10.6. The molecule has 22 heavy (non-hydrogen) atoms. The highest BCUT2D eigenvalue weighted by Crippen LogP contribution is 2.37. The number of carbonyl (C=O) groups excluding carboxylic acids is 1. The van der Waals surface area contributed by atoms with Gasteiger partial charge in [-0.1, -0.05) is 13.3 Å². The number of aromatic nitrogens is 3. The SMILES string of the molecule is CC1(CO)CCCC1NC(=O)c1ccc(-n2cncn2)cc1. The Bertz CT molecular complexity index is 639. The van der Waals surface area contributed by atoms with Gasteiger partial charge in [-0.25, -0.2) is 9.67 Å². The molecule has 2 unspecified atom stereocenters. The zero-order valence-electron chi connectivity index (χ0n) is 12.6. The summed E-state index contributed by atoms with van der Waals surface area (Å²) in [5.74, 6) is -0.100. The largest absolute Gasteiger partial charge is 0.396 e. The molecule has 1 aromatic heterocycles. The van der Waals surface area contributed by atoms with Gasteiger partial charge in [0.15, 0.2) is 0 Å². The van der Waals surface area contributed by atoms with Crippen molar-refractivity contribution >= 4 is 5.91 Å². The predicted octanol–water partition coefficient (Wildman–Crippen LogP) is 1.55. The highest BCUT2D eigenvalue weighted by Gasteiger charge is 2.39. The Morgan fingerprint density at radius 3 is 2.86 bits per heavy atom. The number of hydrogen-bond acceptors (Lipinski definition) is 4. The smallest absolute Gasteiger partial charge is 0.251 e. The lowest BCUT2D eigenvalue weighted by Gasteiger charge is -2.30. The average Bonchev–Trinajstić information content (AvgIpc) is 3.19. The van der Waals surface area contributed by atoms with E-state index in [0.29, 0.717) is 5.56 Å². The van der Waals surface area contributed by atoms with Gasteiger partial charge in [-0.3, -0.25) is 4.79 Å². The molecule has 1 aromatic carbocycles. The molecule has 0 aliphatic heterocycles. The second kappa shape index (κ2) is 5.88. The maximum atomic E-state index is 12.4. The number of benzene rings is 1. The third-order valence-corrected chi connectivity index (χ3v) is 4.56. The van der Waals surface area contributed by atoms with Crippen molar-refractivity contribution in [2.24, 2.45) is 5.41 Å². The van der Waals surface area contributed by atoms with Crippen LogP contribution in [0.2, 0.25) is 0 Å². The minimum absolute atomic E-state index is 0.0278. The van der Waals surface area contributed by atoms with Gasteiger partial charge < -0.3 is 10.4 Å². The average molecular weight is 300 g/mol. The maximum Gasteiger partial charge on any atom is 0.251 e. The topological polar surface area (TPSA) is 80.0 Å². The third kappa shape index (κ3) is 2.74. The zero-order valence-corrected chi connectivity index (χ0v) is 12.6. The number of amides is 1. The fourth-order valence-electron chi connectivity index (χ4n) is 3.02. The Kier molecular flexibility index (Phi) is 3.94. The first kappa shape index (κ1) is 14.7. The van der Waals surface area contributed by atoms with Crippen molar-refractivity contribution in [2.75, 3.05) is 6.61 Å². The number of nitrogens with zero attached hydrogens (tertiary/aromatic N) is 3. The van der Waals surface area contributed by atoms with Crippen LogP contribution in [0.1, 0.15) is 36.5 Å². The Balaban J connectivity index is 1.70. The van der Waals surface area contributed by atoms with Gasteiger partial charge in [0.05, 0.1) is 12.3 Å². The van der Waals surface area contributed by atoms with Gasteiger partial charge in [0, 0.05) is 17.0 Å². The summed E-state index contributed by atoms with van der Waals surface area (Å²) in [6, 6.07) is 7.25. The lowest BCUT2D eigenvalue weighted by Crippen LogP contribution is -2.44. The van der Waals surface area contributed by atoms with Crippen LogP contribution in [0, 0.1) is 5.41 Å². The van der Waals surface area contributed by atoms with Gasteiger partial charge in [-0.05, 0) is 37.1 Å². The zero-order chi connectivity index (χ0) is 15.6. The van der Waals surface area contributed by atoms with E-state index in [1.54, 1.807) is 23.1 Å². The molecule has 0 spiro atoms. The van der Waals surface area contributed by atoms with E-state index in [1.807, 2.05) is 19.1 Å². The molecule has 116 valence electrons. The quantitative estimate of drug-likeness (QED) is 0.898. The molecule has 1 fully saturated rings. The number of aliphatic hydroxyl groups is 1. The van der Waals surface area contributed by atoms with Gasteiger partial charge in [0.25, 0.3) is 5.91 Å². The van der Waals surface area contributed by atoms with E-state index in [4.69, 9.17) is 0 Å². The number of aliphatic hydroxyl groups excluding tert-OH is 1. The highest BCUT2D eigenvalue weighted by molar-refractivity contribution is 5.94. The Morgan fingerprint density at radius 2 is 2.23 bits per heavy atom. The Labute approximate surface area is 129 Å². The molecule has 1 aliphatic carbocycles. The first-order valence-corrected chi connectivity index (χ1v) is 7.49. The summed E-state index contributed by atoms with van der Waals surface area (Å²) in [7, 11) is 0. The molecule has 0 saturated heterocycles. The fourth-order valence-corrected chi connectivity index (χ4v) is 3.02. The molecule has 6 nitrogen and oxygen atoms in total. The summed E-state index contributed by atoms with van der Waals surface area (Å²) in [6.07, 6.45) is 5.98. The molecule has 0 bridgehead atoms. The molecule has 1 saturated carbocycles. The van der Waals surface area contributed by atoms with Crippen molar-refractivity contribution in [3.05, 3.63) is 42.5 Å². The summed E-state index contributed by atoms with van der Waals surface area (Å²) < 4.78 is 1.64. The lowest BCUT2D eigenvalue weighted by molar-refractivity contribution is 0.0830. The van der Waals surface area contributed by atoms with Crippen molar-refractivity contribution < 1.29 is 9.90 Å². The van der Waals surface area contributed by atoms with E-state index < -0.39 is 0 Å². The highest BCUT2D eigenvalue weighted by atomic mass is 16.3. The van der Waals surface area contributed by atoms with Gasteiger partial charge in [0.2, 0.25) is 0 Å². The van der Waals surface area contributed by atoms with E-state index in [2.05, 4.69) is 15.4 Å². The van der Waals surface area contributed by atoms with Crippen LogP contribution in [0.4, 0.5) is 0 Å². The predicted molar refractivity (Wildman–Crippen MR) is 81.7 cm³/mol. The van der Waals surface area contributed by atoms with Gasteiger partial charge in [0.1, 0.15) is 12.7 Å². The van der Waals surface area contributed by atoms with Crippen LogP contribution in [0.5, 0.6) is 0 Å². The van der Waals surface area contributed by atoms with E-state index in [0.717, 1.165) is 24.9 Å². The van der Waals surface area contributed by atoms with Crippen LogP contribution >= 0.6 is 0 Å². The summed E-state index contributed by atoms with van der Waals surface area (Å²) >= 11 is 0. The fraction of sp³-hybridized carbons (Fsp3) is 0.438. The van der Waals surface area contributed by atoms with Crippen molar-refractivity contribution in [1.82, 2.24) is 20.1 Å². The first-order valence-electron chi connectivity index (χ1n) is 7.49. The second-order valence-electron chi connectivity index (χ2n) is 6.12. The molecule has 0 radical (unpaired) electrons. The number of hydrogen-bond donors (Lipinski definition) is 2. The summed E-state index contributed by atoms with van der Waals surface area (Å²) in [5.41, 5.74) is 1.25. The minimum Gasteiger partial charge on any atom is -0.396 e. The Hall–Kier alpha value is -2.21. The van der Waals surface area contributed by atoms with E-state index in [9.17, 15) is 9.90 Å². The summed E-state index contributed by atoms with van der Waals surface area (Å²) in [6.45, 7) is 2.13. The molecule has 1 amide bonds. The van der Waals surface area contributed by atoms with Gasteiger partial charge in [-0.2, -0.15) is 5.10 Å². The molecule has 2 aromatic rings. The van der Waals surface area contributed by atoms with Crippen LogP contribution in [-0.2, 0) is 0 Å². The minimum atomic E-state index is -0.212. The van der Waals surface area contributed by atoms with Crippen LogP contribution in [-0.4, -0.2) is 38.4 Å². The molecule has 6 heteroatoms. The summed E-state index contributed by atoms with van der Waals surface area (Å²) in [5, 5.41) is 16.7. The van der Waals surface area contributed by atoms with Crippen molar-refractivity contribution in [3.63, 3.8) is 0 Å². The van der Waals surface area contributed by atoms with E-state index in [1.165, 1.54) is 6.33 Å². The Morgan fingerprint density at radius 1 is 1.45 bits per heavy atom. The standard InChI is InChI=1S/C16H20N4O2/c1-16(9-21)8-2-3-14(16)19-15(22)12-4-6-13(7-5-12)20-11-17-10-18-20/h4-7,10-11,14,21H,2-3,8-9H2,1H3,(H,19,22). The monoisotopic (exact) mass is 300 g/mol. The molecule has 2 N–H and O–H groups in total. The maximum absolute atomic E-state index is 12.4. The lowest BCUT2D eigenvalue weighted by atomic mass is 9.85. The molecule has 3 rings (SSSR count). The van der Waals surface area contributed by atoms with E-state index in [-0.39, 0.29) is 24.0 Å². The molecule has 1 aliphatic rings. The van der Waals surface area contributed by atoms with Crippen LogP contribution in [0.25, 0.3) is 5.69 Å². The molecular formula is C16H20N4O2. The third-order valence-electron chi connectivity index (χ3n) is 4.56. The number of carbonyl (C=O) groups is 1. The van der Waals surface area contributed by atoms with Crippen molar-refractivity contribution in [2.45, 2.75) is 32.2 Å². The second-order valence-corrected chi connectivity index (χ2v) is 6.12. The van der Waals surface area contributed by atoms with Gasteiger partial charge >= 0.3 is 0 Å². The van der Waals surface area contributed by atoms with Gasteiger partial charge in [-0.15, -0.1) is 0 Å². The van der Waals surface area contributed by atoms with Crippen LogP contribution in [0.3, 0.4) is 0 Å². The van der Waals surface area contributed by atoms with Crippen molar-refractivity contribution in [3.8, 4) is 5.69 Å². The molecular weight excluding hydrogens is 280 g/mol. The van der Waals surface area contributed by atoms with E-state index >= 15 is 0 Å². The normalized spacial score (nSPS) is 24.4.